The third-order valence-corrected chi connectivity index (χ3v) is 3.85. The second kappa shape index (κ2) is 5.66. The van der Waals surface area contributed by atoms with Gasteiger partial charge >= 0.3 is 0 Å². The highest BCUT2D eigenvalue weighted by Crippen LogP contribution is 2.25. The molecule has 0 amide bonds. The number of rotatable bonds is 3. The fraction of sp³-hybridized carbons (Fsp3) is 0.571. The van der Waals surface area contributed by atoms with Gasteiger partial charge in [0.15, 0.2) is 0 Å². The Labute approximate surface area is 117 Å². The van der Waals surface area contributed by atoms with Crippen LogP contribution in [0.5, 0.6) is 0 Å². The van der Waals surface area contributed by atoms with Crippen molar-refractivity contribution in [2.24, 2.45) is 5.92 Å². The Morgan fingerprint density at radius 3 is 2.85 bits per heavy atom. The van der Waals surface area contributed by atoms with E-state index in [1.54, 1.807) is 11.0 Å². The van der Waals surface area contributed by atoms with Crippen LogP contribution in [-0.4, -0.2) is 36.4 Å². The molecule has 2 aromatic rings. The maximum Gasteiger partial charge on any atom is 0.205 e. The zero-order valence-corrected chi connectivity index (χ0v) is 11.6. The monoisotopic (exact) mass is 273 g/mol. The quantitative estimate of drug-likeness (QED) is 0.919. The highest BCUT2D eigenvalue weighted by atomic mass is 16.3. The summed E-state index contributed by atoms with van der Waals surface area (Å²) in [5.74, 6) is 1.19. The number of hydrogen-bond acceptors (Lipinski definition) is 5. The van der Waals surface area contributed by atoms with E-state index in [9.17, 15) is 5.11 Å². The molecule has 0 aliphatic heterocycles. The lowest BCUT2D eigenvalue weighted by Crippen LogP contribution is -2.22. The largest absolute Gasteiger partial charge is 0.393 e. The van der Waals surface area contributed by atoms with E-state index in [1.807, 2.05) is 19.1 Å². The summed E-state index contributed by atoms with van der Waals surface area (Å²) >= 11 is 0. The van der Waals surface area contributed by atoms with Crippen molar-refractivity contribution in [1.29, 1.82) is 0 Å². The Morgan fingerprint density at radius 1 is 1.30 bits per heavy atom. The van der Waals surface area contributed by atoms with E-state index in [4.69, 9.17) is 0 Å². The summed E-state index contributed by atoms with van der Waals surface area (Å²) < 4.78 is 0. The highest BCUT2D eigenvalue weighted by Gasteiger charge is 2.20. The summed E-state index contributed by atoms with van der Waals surface area (Å²) in [7, 11) is 0. The van der Waals surface area contributed by atoms with Gasteiger partial charge in [0, 0.05) is 17.5 Å². The van der Waals surface area contributed by atoms with E-state index in [1.165, 1.54) is 0 Å². The SMILES string of the molecule is Cc1cc(-c2nnn(CC3CCC(O)CC3)n2)ccn1. The predicted molar refractivity (Wildman–Crippen MR) is 73.7 cm³/mol. The minimum Gasteiger partial charge on any atom is -0.393 e. The first-order chi connectivity index (χ1) is 9.70. The van der Waals surface area contributed by atoms with E-state index in [0.717, 1.165) is 43.5 Å². The molecule has 2 aromatic heterocycles. The molecule has 1 N–H and O–H groups in total. The van der Waals surface area contributed by atoms with Crippen molar-refractivity contribution in [2.45, 2.75) is 45.3 Å². The molecule has 1 aliphatic rings. The van der Waals surface area contributed by atoms with Gasteiger partial charge in [-0.05, 0) is 55.9 Å². The van der Waals surface area contributed by atoms with Crippen LogP contribution in [0.2, 0.25) is 0 Å². The molecule has 0 atom stereocenters. The predicted octanol–water partition coefficient (Wildman–Crippen LogP) is 1.59. The first kappa shape index (κ1) is 13.2. The topological polar surface area (TPSA) is 76.7 Å². The molecule has 0 aromatic carbocycles. The van der Waals surface area contributed by atoms with Crippen LogP contribution in [0.1, 0.15) is 31.4 Å². The molecule has 6 nitrogen and oxygen atoms in total. The third kappa shape index (κ3) is 3.01. The maximum atomic E-state index is 9.52. The molecule has 6 heteroatoms. The van der Waals surface area contributed by atoms with E-state index in [-0.39, 0.29) is 6.10 Å². The van der Waals surface area contributed by atoms with Gasteiger partial charge in [-0.15, -0.1) is 10.2 Å². The zero-order valence-electron chi connectivity index (χ0n) is 11.6. The van der Waals surface area contributed by atoms with Gasteiger partial charge in [-0.1, -0.05) is 0 Å². The van der Waals surface area contributed by atoms with Gasteiger partial charge in [-0.3, -0.25) is 4.98 Å². The molecule has 106 valence electrons. The Hall–Kier alpha value is -1.82. The summed E-state index contributed by atoms with van der Waals surface area (Å²) in [6.07, 6.45) is 5.48. The van der Waals surface area contributed by atoms with Crippen molar-refractivity contribution >= 4 is 0 Å². The van der Waals surface area contributed by atoms with Crippen LogP contribution >= 0.6 is 0 Å². The molecule has 2 heterocycles. The van der Waals surface area contributed by atoms with E-state index in [0.29, 0.717) is 11.7 Å². The lowest BCUT2D eigenvalue weighted by molar-refractivity contribution is 0.101. The fourth-order valence-electron chi connectivity index (χ4n) is 2.68. The smallest absolute Gasteiger partial charge is 0.205 e. The lowest BCUT2D eigenvalue weighted by Gasteiger charge is -2.24. The first-order valence-corrected chi connectivity index (χ1v) is 7.09. The molecule has 1 aliphatic carbocycles. The minimum atomic E-state index is -0.120. The minimum absolute atomic E-state index is 0.120. The Balaban J connectivity index is 1.68. The Bertz CT molecular complexity index is 574. The fourth-order valence-corrected chi connectivity index (χ4v) is 2.68. The van der Waals surface area contributed by atoms with Crippen molar-refractivity contribution in [3.63, 3.8) is 0 Å². The number of pyridine rings is 1. The lowest BCUT2D eigenvalue weighted by atomic mass is 9.88. The summed E-state index contributed by atoms with van der Waals surface area (Å²) in [6, 6.07) is 3.85. The van der Waals surface area contributed by atoms with Crippen LogP contribution < -0.4 is 0 Å². The number of aliphatic hydroxyl groups excluding tert-OH is 1. The van der Waals surface area contributed by atoms with Crippen LogP contribution in [0.25, 0.3) is 11.4 Å². The molecular formula is C14H19N5O. The Morgan fingerprint density at radius 2 is 2.10 bits per heavy atom. The number of tetrazole rings is 1. The van der Waals surface area contributed by atoms with Crippen molar-refractivity contribution in [2.75, 3.05) is 0 Å². The van der Waals surface area contributed by atoms with Crippen molar-refractivity contribution in [3.05, 3.63) is 24.0 Å². The second-order valence-corrected chi connectivity index (χ2v) is 5.53. The number of aryl methyl sites for hydroxylation is 1. The average Bonchev–Trinajstić information content (AvgIpc) is 2.90. The van der Waals surface area contributed by atoms with Crippen LogP contribution in [0, 0.1) is 12.8 Å². The van der Waals surface area contributed by atoms with Gasteiger partial charge in [-0.2, -0.15) is 4.80 Å². The van der Waals surface area contributed by atoms with E-state index >= 15 is 0 Å². The van der Waals surface area contributed by atoms with Gasteiger partial charge in [-0.25, -0.2) is 0 Å². The molecule has 0 spiro atoms. The molecule has 20 heavy (non-hydrogen) atoms. The van der Waals surface area contributed by atoms with Crippen molar-refractivity contribution in [1.82, 2.24) is 25.2 Å². The van der Waals surface area contributed by atoms with Gasteiger partial charge in [0.05, 0.1) is 12.6 Å². The normalized spacial score (nSPS) is 22.9. The number of aliphatic hydroxyl groups is 1. The summed E-state index contributed by atoms with van der Waals surface area (Å²) in [5, 5.41) is 22.2. The molecule has 3 rings (SSSR count). The van der Waals surface area contributed by atoms with Crippen molar-refractivity contribution in [3.8, 4) is 11.4 Å². The van der Waals surface area contributed by atoms with Crippen LogP contribution in [0.4, 0.5) is 0 Å². The van der Waals surface area contributed by atoms with E-state index in [2.05, 4.69) is 20.4 Å². The molecule has 0 radical (unpaired) electrons. The summed E-state index contributed by atoms with van der Waals surface area (Å²) in [6.45, 7) is 2.73. The number of hydrogen-bond donors (Lipinski definition) is 1. The maximum absolute atomic E-state index is 9.52. The average molecular weight is 273 g/mol. The number of aromatic nitrogens is 5. The molecule has 0 unspecified atom stereocenters. The standard InChI is InChI=1S/C14H19N5O/c1-10-8-12(6-7-15-10)14-16-18-19(17-14)9-11-2-4-13(20)5-3-11/h6-8,11,13,20H,2-5,9H2,1H3. The molecule has 1 fully saturated rings. The van der Waals surface area contributed by atoms with Gasteiger partial charge in [0.1, 0.15) is 0 Å². The van der Waals surface area contributed by atoms with Crippen LogP contribution in [-0.2, 0) is 6.54 Å². The Kier molecular flexibility index (Phi) is 3.73. The third-order valence-electron chi connectivity index (χ3n) is 3.85. The zero-order chi connectivity index (χ0) is 13.9. The van der Waals surface area contributed by atoms with Gasteiger partial charge < -0.3 is 5.11 Å². The molecule has 0 bridgehead atoms. The molecule has 0 saturated heterocycles. The van der Waals surface area contributed by atoms with Crippen molar-refractivity contribution < 1.29 is 5.11 Å². The summed E-state index contributed by atoms with van der Waals surface area (Å²) in [4.78, 5) is 5.84. The van der Waals surface area contributed by atoms with Gasteiger partial charge in [0.25, 0.3) is 0 Å². The van der Waals surface area contributed by atoms with E-state index < -0.39 is 0 Å². The summed E-state index contributed by atoms with van der Waals surface area (Å²) in [5.41, 5.74) is 1.89. The van der Waals surface area contributed by atoms with Crippen LogP contribution in [0.15, 0.2) is 18.3 Å². The first-order valence-electron chi connectivity index (χ1n) is 7.09. The highest BCUT2D eigenvalue weighted by molar-refractivity contribution is 5.53. The van der Waals surface area contributed by atoms with Gasteiger partial charge in [0.2, 0.25) is 5.82 Å². The molecular weight excluding hydrogens is 254 g/mol. The molecule has 1 saturated carbocycles. The number of nitrogens with zero attached hydrogens (tertiary/aromatic N) is 5. The second-order valence-electron chi connectivity index (χ2n) is 5.53. The van der Waals surface area contributed by atoms with Crippen LogP contribution in [0.3, 0.4) is 0 Å².